The summed E-state index contributed by atoms with van der Waals surface area (Å²) >= 11 is 6.13. The highest BCUT2D eigenvalue weighted by Crippen LogP contribution is 2.29. The predicted molar refractivity (Wildman–Crippen MR) is 58.7 cm³/mol. The molecule has 2 nitrogen and oxygen atoms in total. The molecule has 1 N–H and O–H groups in total. The molecule has 0 saturated carbocycles. The summed E-state index contributed by atoms with van der Waals surface area (Å²) in [4.78, 5) is 4.34. The van der Waals surface area contributed by atoms with Crippen molar-refractivity contribution in [1.29, 1.82) is 0 Å². The van der Waals surface area contributed by atoms with Gasteiger partial charge in [-0.3, -0.25) is 0 Å². The highest BCUT2D eigenvalue weighted by Gasteiger charge is 2.19. The van der Waals surface area contributed by atoms with Crippen LogP contribution in [-0.2, 0) is 0 Å². The third-order valence-corrected chi connectivity index (χ3v) is 3.19. The SMILES string of the molecule is Cc1cc(C2CCCN2)c(Cl)nc1C. The van der Waals surface area contributed by atoms with Crippen LogP contribution in [0, 0.1) is 13.8 Å². The molecule has 1 unspecified atom stereocenters. The lowest BCUT2D eigenvalue weighted by molar-refractivity contribution is 0.644. The summed E-state index contributed by atoms with van der Waals surface area (Å²) in [5.41, 5.74) is 3.40. The van der Waals surface area contributed by atoms with E-state index < -0.39 is 0 Å². The van der Waals surface area contributed by atoms with Crippen molar-refractivity contribution >= 4 is 11.6 Å². The quantitative estimate of drug-likeness (QED) is 0.722. The second kappa shape index (κ2) is 3.87. The molecule has 2 rings (SSSR count). The van der Waals surface area contributed by atoms with Crippen molar-refractivity contribution in [1.82, 2.24) is 10.3 Å². The average molecular weight is 211 g/mol. The zero-order valence-corrected chi connectivity index (χ0v) is 9.36. The van der Waals surface area contributed by atoms with E-state index in [0.717, 1.165) is 17.8 Å². The Labute approximate surface area is 89.7 Å². The molecule has 0 spiro atoms. The van der Waals surface area contributed by atoms with Gasteiger partial charge in [-0.1, -0.05) is 11.6 Å². The van der Waals surface area contributed by atoms with Crippen LogP contribution in [0.5, 0.6) is 0 Å². The Hall–Kier alpha value is -0.600. The lowest BCUT2D eigenvalue weighted by atomic mass is 10.0. The standard InChI is InChI=1S/C11H15ClN2/c1-7-6-9(10-4-3-5-13-10)11(12)14-8(7)2/h6,10,13H,3-5H2,1-2H3. The molecule has 1 atom stereocenters. The number of nitrogens with zero attached hydrogens (tertiary/aromatic N) is 1. The average Bonchev–Trinajstić information content (AvgIpc) is 2.64. The van der Waals surface area contributed by atoms with Crippen LogP contribution in [0.4, 0.5) is 0 Å². The van der Waals surface area contributed by atoms with Crippen molar-refractivity contribution in [3.05, 3.63) is 28.0 Å². The third-order valence-electron chi connectivity index (χ3n) is 2.88. The molecule has 2 heterocycles. The maximum absolute atomic E-state index is 6.13. The van der Waals surface area contributed by atoms with Crippen molar-refractivity contribution in [3.8, 4) is 0 Å². The first kappa shape index (κ1) is 9.94. The molecule has 1 aromatic heterocycles. The second-order valence-electron chi connectivity index (χ2n) is 3.92. The van der Waals surface area contributed by atoms with Crippen molar-refractivity contribution < 1.29 is 0 Å². The number of rotatable bonds is 1. The van der Waals surface area contributed by atoms with Crippen LogP contribution in [0.1, 0.15) is 35.7 Å². The van der Waals surface area contributed by atoms with Crippen LogP contribution in [0.25, 0.3) is 0 Å². The van der Waals surface area contributed by atoms with Gasteiger partial charge in [0.25, 0.3) is 0 Å². The van der Waals surface area contributed by atoms with E-state index in [1.54, 1.807) is 0 Å². The minimum Gasteiger partial charge on any atom is -0.310 e. The molecule has 1 saturated heterocycles. The van der Waals surface area contributed by atoms with Crippen LogP contribution >= 0.6 is 11.6 Å². The van der Waals surface area contributed by atoms with Crippen molar-refractivity contribution in [2.75, 3.05) is 6.54 Å². The van der Waals surface area contributed by atoms with Crippen LogP contribution in [0.3, 0.4) is 0 Å². The van der Waals surface area contributed by atoms with E-state index in [1.165, 1.54) is 18.4 Å². The maximum Gasteiger partial charge on any atom is 0.134 e. The molecular weight excluding hydrogens is 196 g/mol. The number of hydrogen-bond acceptors (Lipinski definition) is 2. The highest BCUT2D eigenvalue weighted by molar-refractivity contribution is 6.30. The molecule has 3 heteroatoms. The number of nitrogens with one attached hydrogen (secondary N) is 1. The minimum absolute atomic E-state index is 0.411. The first-order valence-electron chi connectivity index (χ1n) is 5.05. The Balaban J connectivity index is 2.37. The lowest BCUT2D eigenvalue weighted by Gasteiger charge is -2.13. The molecule has 0 aromatic carbocycles. The number of hydrogen-bond donors (Lipinski definition) is 1. The van der Waals surface area contributed by atoms with Gasteiger partial charge in [-0.2, -0.15) is 0 Å². The molecule has 0 radical (unpaired) electrons. The van der Waals surface area contributed by atoms with Crippen LogP contribution in [0.2, 0.25) is 5.15 Å². The van der Waals surface area contributed by atoms with E-state index in [-0.39, 0.29) is 0 Å². The van der Waals surface area contributed by atoms with E-state index in [4.69, 9.17) is 11.6 Å². The topological polar surface area (TPSA) is 24.9 Å². The van der Waals surface area contributed by atoms with Gasteiger partial charge in [0.2, 0.25) is 0 Å². The molecule has 0 bridgehead atoms. The van der Waals surface area contributed by atoms with Gasteiger partial charge in [0.05, 0.1) is 0 Å². The Morgan fingerprint density at radius 2 is 2.29 bits per heavy atom. The monoisotopic (exact) mass is 210 g/mol. The fourth-order valence-corrected chi connectivity index (χ4v) is 2.20. The van der Waals surface area contributed by atoms with Gasteiger partial charge in [0.15, 0.2) is 0 Å². The Morgan fingerprint density at radius 3 is 2.93 bits per heavy atom. The van der Waals surface area contributed by atoms with Crippen LogP contribution in [-0.4, -0.2) is 11.5 Å². The molecule has 1 aliphatic rings. The smallest absolute Gasteiger partial charge is 0.134 e. The lowest BCUT2D eigenvalue weighted by Crippen LogP contribution is -2.14. The summed E-state index contributed by atoms with van der Waals surface area (Å²) in [6, 6.07) is 2.57. The predicted octanol–water partition coefficient (Wildman–Crippen LogP) is 2.78. The number of pyridine rings is 1. The normalized spacial score (nSPS) is 21.5. The first-order valence-corrected chi connectivity index (χ1v) is 5.43. The summed E-state index contributed by atoms with van der Waals surface area (Å²) in [5.74, 6) is 0. The minimum atomic E-state index is 0.411. The summed E-state index contributed by atoms with van der Waals surface area (Å²) in [5, 5.41) is 4.10. The Morgan fingerprint density at radius 1 is 1.50 bits per heavy atom. The Bertz CT molecular complexity index is 343. The molecule has 0 amide bonds. The fourth-order valence-electron chi connectivity index (χ4n) is 1.89. The van der Waals surface area contributed by atoms with Crippen molar-refractivity contribution in [3.63, 3.8) is 0 Å². The molecule has 76 valence electrons. The van der Waals surface area contributed by atoms with Gasteiger partial charge in [-0.05, 0) is 44.9 Å². The van der Waals surface area contributed by atoms with Gasteiger partial charge < -0.3 is 5.32 Å². The number of aryl methyl sites for hydroxylation is 2. The van der Waals surface area contributed by atoms with Gasteiger partial charge >= 0.3 is 0 Å². The van der Waals surface area contributed by atoms with Crippen LogP contribution < -0.4 is 5.32 Å². The number of aromatic nitrogens is 1. The molecular formula is C11H15ClN2. The van der Waals surface area contributed by atoms with E-state index in [9.17, 15) is 0 Å². The van der Waals surface area contributed by atoms with Crippen LogP contribution in [0.15, 0.2) is 6.07 Å². The summed E-state index contributed by atoms with van der Waals surface area (Å²) in [6.45, 7) is 5.16. The molecule has 1 aliphatic heterocycles. The van der Waals surface area contributed by atoms with Gasteiger partial charge in [0, 0.05) is 17.3 Å². The van der Waals surface area contributed by atoms with E-state index in [2.05, 4.69) is 23.3 Å². The summed E-state index contributed by atoms with van der Waals surface area (Å²) in [6.07, 6.45) is 2.40. The number of halogens is 1. The van der Waals surface area contributed by atoms with Crippen molar-refractivity contribution in [2.45, 2.75) is 32.7 Å². The van der Waals surface area contributed by atoms with Crippen molar-refractivity contribution in [2.24, 2.45) is 0 Å². The molecule has 0 aliphatic carbocycles. The maximum atomic E-state index is 6.13. The van der Waals surface area contributed by atoms with E-state index in [0.29, 0.717) is 11.2 Å². The zero-order chi connectivity index (χ0) is 10.1. The molecule has 1 aromatic rings. The molecule has 1 fully saturated rings. The van der Waals surface area contributed by atoms with Gasteiger partial charge in [0.1, 0.15) is 5.15 Å². The first-order chi connectivity index (χ1) is 6.68. The van der Waals surface area contributed by atoms with Gasteiger partial charge in [-0.15, -0.1) is 0 Å². The van der Waals surface area contributed by atoms with Gasteiger partial charge in [-0.25, -0.2) is 4.98 Å². The fraction of sp³-hybridized carbons (Fsp3) is 0.545. The van der Waals surface area contributed by atoms with E-state index in [1.807, 2.05) is 6.92 Å². The highest BCUT2D eigenvalue weighted by atomic mass is 35.5. The Kier molecular flexibility index (Phi) is 2.75. The summed E-state index contributed by atoms with van der Waals surface area (Å²) < 4.78 is 0. The van der Waals surface area contributed by atoms with E-state index >= 15 is 0 Å². The third kappa shape index (κ3) is 1.77. The second-order valence-corrected chi connectivity index (χ2v) is 4.28. The molecule has 14 heavy (non-hydrogen) atoms. The zero-order valence-electron chi connectivity index (χ0n) is 8.60. The largest absolute Gasteiger partial charge is 0.310 e. The summed E-state index contributed by atoms with van der Waals surface area (Å²) in [7, 11) is 0.